The molecule has 38 heavy (non-hydrogen) atoms. The smallest absolute Gasteiger partial charge is 0.320 e. The number of benzene rings is 3. The second kappa shape index (κ2) is 11.6. The van der Waals surface area contributed by atoms with Crippen LogP contribution in [0.3, 0.4) is 0 Å². The SMILES string of the molecule is CN(C)c1cccc2c(S(=O)(=O)n3cc(C[C@H](N)C(=O)O)c4ccccc43)cccc12.NC1CCCCC1. The van der Waals surface area contributed by atoms with Gasteiger partial charge in [-0.2, -0.15) is 0 Å². The van der Waals surface area contributed by atoms with Gasteiger partial charge in [0.2, 0.25) is 0 Å². The Kier molecular flexibility index (Phi) is 8.40. The van der Waals surface area contributed by atoms with Crippen molar-refractivity contribution in [1.82, 2.24) is 3.97 Å². The van der Waals surface area contributed by atoms with E-state index in [1.165, 1.54) is 42.3 Å². The molecule has 0 bridgehead atoms. The third-order valence-corrected chi connectivity index (χ3v) is 8.78. The number of hydrogen-bond acceptors (Lipinski definition) is 6. The second-order valence-electron chi connectivity index (χ2n) is 10.0. The molecule has 1 heterocycles. The molecule has 1 aliphatic carbocycles. The Balaban J connectivity index is 0.000000417. The molecular weight excluding hydrogens is 500 g/mol. The highest BCUT2D eigenvalue weighted by atomic mass is 32.2. The first kappa shape index (κ1) is 27.6. The molecule has 0 saturated heterocycles. The van der Waals surface area contributed by atoms with Crippen molar-refractivity contribution in [3.8, 4) is 0 Å². The second-order valence-corrected chi connectivity index (χ2v) is 11.8. The van der Waals surface area contributed by atoms with E-state index in [0.29, 0.717) is 27.9 Å². The summed E-state index contributed by atoms with van der Waals surface area (Å²) in [4.78, 5) is 13.4. The van der Waals surface area contributed by atoms with Gasteiger partial charge >= 0.3 is 5.97 Å². The highest BCUT2D eigenvalue weighted by Gasteiger charge is 2.25. The quantitative estimate of drug-likeness (QED) is 0.334. The van der Waals surface area contributed by atoms with Crippen molar-refractivity contribution in [2.75, 3.05) is 19.0 Å². The molecule has 3 aromatic carbocycles. The fourth-order valence-corrected chi connectivity index (χ4v) is 6.63. The van der Waals surface area contributed by atoms with E-state index in [-0.39, 0.29) is 11.3 Å². The monoisotopic (exact) mass is 536 g/mol. The van der Waals surface area contributed by atoms with Gasteiger partial charge in [-0.05, 0) is 36.6 Å². The van der Waals surface area contributed by atoms with Crippen LogP contribution < -0.4 is 16.4 Å². The van der Waals surface area contributed by atoms with Crippen LogP contribution in [0.25, 0.3) is 21.7 Å². The summed E-state index contributed by atoms with van der Waals surface area (Å²) in [5.41, 5.74) is 13.3. The molecule has 1 aliphatic rings. The number of fused-ring (bicyclic) bond motifs is 2. The summed E-state index contributed by atoms with van der Waals surface area (Å²) in [6, 6.07) is 17.2. The van der Waals surface area contributed by atoms with Gasteiger partial charge in [0.15, 0.2) is 0 Å². The van der Waals surface area contributed by atoms with Gasteiger partial charge in [0.25, 0.3) is 10.0 Å². The lowest BCUT2D eigenvalue weighted by Gasteiger charge is -2.17. The van der Waals surface area contributed by atoms with Crippen molar-refractivity contribution in [2.45, 2.75) is 55.5 Å². The first-order chi connectivity index (χ1) is 18.1. The summed E-state index contributed by atoms with van der Waals surface area (Å²) < 4.78 is 28.8. The van der Waals surface area contributed by atoms with Gasteiger partial charge in [-0.1, -0.05) is 61.7 Å². The molecule has 0 aliphatic heterocycles. The highest BCUT2D eigenvalue weighted by molar-refractivity contribution is 7.90. The predicted octanol–water partition coefficient (Wildman–Crippen LogP) is 4.33. The molecular formula is C29H36N4O4S. The molecule has 1 saturated carbocycles. The number of carboxylic acids is 1. The lowest BCUT2D eigenvalue weighted by atomic mass is 9.97. The predicted molar refractivity (Wildman–Crippen MR) is 153 cm³/mol. The van der Waals surface area contributed by atoms with Crippen LogP contribution in [0.5, 0.6) is 0 Å². The molecule has 5 N–H and O–H groups in total. The maximum atomic E-state index is 13.8. The van der Waals surface area contributed by atoms with E-state index in [2.05, 4.69) is 0 Å². The van der Waals surface area contributed by atoms with Crippen molar-refractivity contribution in [3.63, 3.8) is 0 Å². The van der Waals surface area contributed by atoms with Crippen molar-refractivity contribution in [2.24, 2.45) is 11.5 Å². The first-order valence-corrected chi connectivity index (χ1v) is 14.3. The van der Waals surface area contributed by atoms with E-state index in [1.54, 1.807) is 42.5 Å². The number of aromatic nitrogens is 1. The summed E-state index contributed by atoms with van der Waals surface area (Å²) in [5.74, 6) is -1.13. The van der Waals surface area contributed by atoms with Crippen molar-refractivity contribution < 1.29 is 18.3 Å². The minimum atomic E-state index is -3.96. The summed E-state index contributed by atoms with van der Waals surface area (Å²) in [6.07, 6.45) is 8.17. The van der Waals surface area contributed by atoms with Gasteiger partial charge in [0.05, 0.1) is 10.4 Å². The number of nitrogens with zero attached hydrogens (tertiary/aromatic N) is 2. The number of nitrogens with two attached hydrogens (primary N) is 2. The van der Waals surface area contributed by atoms with Gasteiger partial charge in [0, 0.05) is 54.6 Å². The lowest BCUT2D eigenvalue weighted by Crippen LogP contribution is -2.32. The Morgan fingerprint density at radius 3 is 2.24 bits per heavy atom. The van der Waals surface area contributed by atoms with Gasteiger partial charge < -0.3 is 21.5 Å². The molecule has 1 atom stereocenters. The Bertz CT molecular complexity index is 1540. The molecule has 202 valence electrons. The zero-order valence-corrected chi connectivity index (χ0v) is 22.7. The largest absolute Gasteiger partial charge is 0.480 e. The van der Waals surface area contributed by atoms with Crippen LogP contribution in [0, 0.1) is 0 Å². The first-order valence-electron chi connectivity index (χ1n) is 12.9. The zero-order chi connectivity index (χ0) is 27.4. The molecule has 1 aromatic heterocycles. The molecule has 5 rings (SSSR count). The number of carbonyl (C=O) groups is 1. The van der Waals surface area contributed by atoms with Crippen LogP contribution >= 0.6 is 0 Å². The Labute approximate surface area is 223 Å². The number of hydrogen-bond donors (Lipinski definition) is 3. The molecule has 8 nitrogen and oxygen atoms in total. The zero-order valence-electron chi connectivity index (χ0n) is 21.9. The van der Waals surface area contributed by atoms with Crippen LogP contribution in [0.4, 0.5) is 5.69 Å². The van der Waals surface area contributed by atoms with E-state index in [4.69, 9.17) is 11.5 Å². The van der Waals surface area contributed by atoms with E-state index in [9.17, 15) is 18.3 Å². The number of aliphatic carboxylic acids is 1. The van der Waals surface area contributed by atoms with E-state index < -0.39 is 22.0 Å². The van der Waals surface area contributed by atoms with Gasteiger partial charge in [0.1, 0.15) is 6.04 Å². The lowest BCUT2D eigenvalue weighted by molar-refractivity contribution is -0.138. The molecule has 0 amide bonds. The highest BCUT2D eigenvalue weighted by Crippen LogP contribution is 2.33. The van der Waals surface area contributed by atoms with Crippen molar-refractivity contribution in [3.05, 3.63) is 72.4 Å². The topological polar surface area (TPSA) is 132 Å². The molecule has 0 radical (unpaired) electrons. The summed E-state index contributed by atoms with van der Waals surface area (Å²) in [6.45, 7) is 0. The van der Waals surface area contributed by atoms with Crippen LogP contribution in [-0.4, -0.2) is 49.6 Å². The molecule has 9 heteroatoms. The number of rotatable bonds is 6. The van der Waals surface area contributed by atoms with Crippen LogP contribution in [0.2, 0.25) is 0 Å². The van der Waals surface area contributed by atoms with Crippen molar-refractivity contribution in [1.29, 1.82) is 0 Å². The van der Waals surface area contributed by atoms with Gasteiger partial charge in [-0.25, -0.2) is 12.4 Å². The van der Waals surface area contributed by atoms with Crippen LogP contribution in [0.1, 0.15) is 37.7 Å². The number of para-hydroxylation sites is 1. The minimum Gasteiger partial charge on any atom is -0.480 e. The Morgan fingerprint density at radius 1 is 0.974 bits per heavy atom. The minimum absolute atomic E-state index is 0.0265. The summed E-state index contributed by atoms with van der Waals surface area (Å²) >= 11 is 0. The fourth-order valence-electron chi connectivity index (χ4n) is 5.02. The van der Waals surface area contributed by atoms with E-state index >= 15 is 0 Å². The third-order valence-electron chi connectivity index (χ3n) is 7.05. The van der Waals surface area contributed by atoms with Crippen molar-refractivity contribution >= 4 is 43.4 Å². The Morgan fingerprint density at radius 2 is 1.61 bits per heavy atom. The summed E-state index contributed by atoms with van der Waals surface area (Å²) in [5, 5.41) is 11.3. The molecule has 0 unspecified atom stereocenters. The van der Waals surface area contributed by atoms with Crippen LogP contribution in [-0.2, 0) is 21.2 Å². The molecule has 1 fully saturated rings. The van der Waals surface area contributed by atoms with Crippen LogP contribution in [0.15, 0.2) is 71.8 Å². The molecule has 0 spiro atoms. The van der Waals surface area contributed by atoms with E-state index in [1.807, 2.05) is 37.2 Å². The van der Waals surface area contributed by atoms with Gasteiger partial charge in [-0.15, -0.1) is 0 Å². The number of anilines is 1. The summed E-state index contributed by atoms with van der Waals surface area (Å²) in [7, 11) is -0.140. The average molecular weight is 537 g/mol. The maximum absolute atomic E-state index is 13.8. The average Bonchev–Trinajstić information content (AvgIpc) is 3.28. The number of carboxylic acid groups (broad SMARTS) is 1. The standard InChI is InChI=1S/C23H23N3O4S.C6H13N/c1-25(2)20-11-5-9-18-17(20)8-6-12-22(18)31(29,30)26-14-15(13-19(24)23(27)28)16-7-3-4-10-21(16)26;7-6-4-2-1-3-5-6/h3-12,14,19H,13,24H2,1-2H3,(H,27,28);6H,1-5,7H2/t19-;/m0./s1. The fraction of sp³-hybridized carbons (Fsp3) is 0.345. The van der Waals surface area contributed by atoms with E-state index in [0.717, 1.165) is 11.1 Å². The maximum Gasteiger partial charge on any atom is 0.320 e. The third kappa shape index (κ3) is 5.70. The molecule has 4 aromatic rings. The van der Waals surface area contributed by atoms with Gasteiger partial charge in [-0.3, -0.25) is 4.79 Å². The normalized spacial score (nSPS) is 15.2. The Hall–Kier alpha value is -3.40.